The van der Waals surface area contributed by atoms with Crippen LogP contribution in [0.5, 0.6) is 0 Å². The molecule has 5 heteroatoms. The number of nitrogens with one attached hydrogen (secondary N) is 1. The molecule has 20 heavy (non-hydrogen) atoms. The van der Waals surface area contributed by atoms with Gasteiger partial charge in [0.2, 0.25) is 5.91 Å². The molecule has 0 atom stereocenters. The van der Waals surface area contributed by atoms with Crippen molar-refractivity contribution in [3.8, 4) is 0 Å². The number of carbonyl (C=O) groups excluding carboxylic acids is 1. The first-order valence-corrected chi connectivity index (χ1v) is 7.61. The quantitative estimate of drug-likeness (QED) is 0.889. The van der Waals surface area contributed by atoms with E-state index < -0.39 is 0 Å². The summed E-state index contributed by atoms with van der Waals surface area (Å²) in [5, 5.41) is 5.66. The van der Waals surface area contributed by atoms with Gasteiger partial charge in [-0.05, 0) is 36.2 Å². The van der Waals surface area contributed by atoms with Gasteiger partial charge in [-0.1, -0.05) is 29.8 Å². The maximum absolute atomic E-state index is 11.8. The van der Waals surface area contributed by atoms with Gasteiger partial charge in [0.05, 0.1) is 6.54 Å². The molecule has 1 aromatic heterocycles. The first kappa shape index (κ1) is 15.0. The second-order valence-electron chi connectivity index (χ2n) is 4.65. The van der Waals surface area contributed by atoms with Gasteiger partial charge in [-0.3, -0.25) is 9.69 Å². The Hall–Kier alpha value is -1.36. The van der Waals surface area contributed by atoms with Crippen LogP contribution in [0, 0.1) is 0 Å². The number of hydrogen-bond donors (Lipinski definition) is 1. The fraction of sp³-hybridized carbons (Fsp3) is 0.267. The SMILES string of the molecule is CN(CC(=O)NCc1ccc(Cl)cc1)Cc1cccs1. The molecule has 0 radical (unpaired) electrons. The fourth-order valence-electron chi connectivity index (χ4n) is 1.83. The van der Waals surface area contributed by atoms with Crippen LogP contribution in [0.4, 0.5) is 0 Å². The van der Waals surface area contributed by atoms with Crippen LogP contribution in [0.15, 0.2) is 41.8 Å². The predicted octanol–water partition coefficient (Wildman–Crippen LogP) is 3.15. The zero-order chi connectivity index (χ0) is 14.4. The smallest absolute Gasteiger partial charge is 0.234 e. The van der Waals surface area contributed by atoms with E-state index in [1.807, 2.05) is 47.7 Å². The van der Waals surface area contributed by atoms with Crippen molar-refractivity contribution >= 4 is 28.8 Å². The van der Waals surface area contributed by atoms with E-state index in [0.717, 1.165) is 12.1 Å². The van der Waals surface area contributed by atoms with Gasteiger partial charge >= 0.3 is 0 Å². The van der Waals surface area contributed by atoms with E-state index in [-0.39, 0.29) is 5.91 Å². The summed E-state index contributed by atoms with van der Waals surface area (Å²) in [7, 11) is 1.95. The van der Waals surface area contributed by atoms with E-state index in [4.69, 9.17) is 11.6 Å². The van der Waals surface area contributed by atoms with Crippen LogP contribution < -0.4 is 5.32 Å². The topological polar surface area (TPSA) is 32.3 Å². The summed E-state index contributed by atoms with van der Waals surface area (Å²) in [4.78, 5) is 15.1. The van der Waals surface area contributed by atoms with E-state index in [9.17, 15) is 4.79 Å². The van der Waals surface area contributed by atoms with Crippen LogP contribution in [0.25, 0.3) is 0 Å². The maximum atomic E-state index is 11.8. The summed E-state index contributed by atoms with van der Waals surface area (Å²) in [6.45, 7) is 1.72. The van der Waals surface area contributed by atoms with Crippen molar-refractivity contribution in [1.82, 2.24) is 10.2 Å². The highest BCUT2D eigenvalue weighted by atomic mass is 35.5. The number of benzene rings is 1. The van der Waals surface area contributed by atoms with Crippen molar-refractivity contribution in [3.05, 3.63) is 57.2 Å². The Balaban J connectivity index is 1.73. The van der Waals surface area contributed by atoms with E-state index in [1.54, 1.807) is 11.3 Å². The summed E-state index contributed by atoms with van der Waals surface area (Å²) in [5.74, 6) is 0.0269. The molecule has 0 saturated heterocycles. The molecule has 0 spiro atoms. The van der Waals surface area contributed by atoms with Gasteiger partial charge in [-0.2, -0.15) is 0 Å². The number of nitrogens with zero attached hydrogens (tertiary/aromatic N) is 1. The van der Waals surface area contributed by atoms with Crippen molar-refractivity contribution in [2.45, 2.75) is 13.1 Å². The molecule has 3 nitrogen and oxygen atoms in total. The minimum atomic E-state index is 0.0269. The van der Waals surface area contributed by atoms with Crippen LogP contribution in [0.2, 0.25) is 5.02 Å². The van der Waals surface area contributed by atoms with Crippen LogP contribution in [-0.4, -0.2) is 24.4 Å². The summed E-state index contributed by atoms with van der Waals surface area (Å²) in [6.07, 6.45) is 0. The van der Waals surface area contributed by atoms with Gasteiger partial charge in [0, 0.05) is 23.0 Å². The van der Waals surface area contributed by atoms with Gasteiger partial charge in [0.25, 0.3) is 0 Å². The number of likely N-dealkylation sites (N-methyl/N-ethyl adjacent to an activating group) is 1. The molecule has 1 amide bonds. The van der Waals surface area contributed by atoms with E-state index in [2.05, 4.69) is 11.4 Å². The molecule has 0 saturated carbocycles. The number of carbonyl (C=O) groups is 1. The number of rotatable bonds is 6. The van der Waals surface area contributed by atoms with Crippen molar-refractivity contribution in [2.24, 2.45) is 0 Å². The Morgan fingerprint density at radius 3 is 2.70 bits per heavy atom. The second-order valence-corrected chi connectivity index (χ2v) is 6.12. The summed E-state index contributed by atoms with van der Waals surface area (Å²) < 4.78 is 0. The van der Waals surface area contributed by atoms with Crippen molar-refractivity contribution in [1.29, 1.82) is 0 Å². The Morgan fingerprint density at radius 2 is 2.05 bits per heavy atom. The lowest BCUT2D eigenvalue weighted by Crippen LogP contribution is -2.34. The van der Waals surface area contributed by atoms with E-state index in [0.29, 0.717) is 18.1 Å². The first-order valence-electron chi connectivity index (χ1n) is 6.35. The standard InChI is InChI=1S/C15H17ClN2OS/c1-18(10-14-3-2-8-20-14)11-15(19)17-9-12-4-6-13(16)7-5-12/h2-8H,9-11H2,1H3,(H,17,19). The number of hydrogen-bond acceptors (Lipinski definition) is 3. The number of amides is 1. The van der Waals surface area contributed by atoms with Crippen LogP contribution >= 0.6 is 22.9 Å². The molecule has 0 aliphatic rings. The molecule has 0 fully saturated rings. The summed E-state index contributed by atoms with van der Waals surface area (Å²) in [6, 6.07) is 11.6. The molecule has 1 N–H and O–H groups in total. The van der Waals surface area contributed by atoms with Crippen LogP contribution in [0.3, 0.4) is 0 Å². The second kappa shape index (κ2) is 7.43. The average Bonchev–Trinajstić information content (AvgIpc) is 2.90. The third-order valence-electron chi connectivity index (χ3n) is 2.82. The van der Waals surface area contributed by atoms with Gasteiger partial charge in [-0.25, -0.2) is 0 Å². The lowest BCUT2D eigenvalue weighted by molar-refractivity contribution is -0.122. The fourth-order valence-corrected chi connectivity index (χ4v) is 2.74. The highest BCUT2D eigenvalue weighted by Crippen LogP contribution is 2.11. The zero-order valence-electron chi connectivity index (χ0n) is 11.3. The van der Waals surface area contributed by atoms with Crippen molar-refractivity contribution in [3.63, 3.8) is 0 Å². The first-order chi connectivity index (χ1) is 9.63. The minimum absolute atomic E-state index is 0.0269. The molecular formula is C15H17ClN2OS. The molecule has 0 bridgehead atoms. The Morgan fingerprint density at radius 1 is 1.30 bits per heavy atom. The Bertz CT molecular complexity index is 540. The maximum Gasteiger partial charge on any atom is 0.234 e. The Kier molecular flexibility index (Phi) is 5.59. The monoisotopic (exact) mass is 308 g/mol. The van der Waals surface area contributed by atoms with Crippen LogP contribution in [0.1, 0.15) is 10.4 Å². The van der Waals surface area contributed by atoms with Crippen molar-refractivity contribution in [2.75, 3.05) is 13.6 Å². The zero-order valence-corrected chi connectivity index (χ0v) is 12.9. The molecule has 0 aliphatic carbocycles. The molecule has 0 unspecified atom stereocenters. The van der Waals surface area contributed by atoms with E-state index >= 15 is 0 Å². The molecule has 0 aliphatic heterocycles. The van der Waals surface area contributed by atoms with Gasteiger partial charge < -0.3 is 5.32 Å². The lowest BCUT2D eigenvalue weighted by atomic mass is 10.2. The molecule has 1 aromatic carbocycles. The summed E-state index contributed by atoms with van der Waals surface area (Å²) >= 11 is 7.52. The molecule has 2 aromatic rings. The van der Waals surface area contributed by atoms with Gasteiger partial charge in [0.15, 0.2) is 0 Å². The van der Waals surface area contributed by atoms with Crippen molar-refractivity contribution < 1.29 is 4.79 Å². The largest absolute Gasteiger partial charge is 0.351 e. The number of thiophene rings is 1. The molecular weight excluding hydrogens is 292 g/mol. The Labute approximate surface area is 128 Å². The third-order valence-corrected chi connectivity index (χ3v) is 3.94. The van der Waals surface area contributed by atoms with Gasteiger partial charge in [0.1, 0.15) is 0 Å². The minimum Gasteiger partial charge on any atom is -0.351 e. The molecule has 106 valence electrons. The molecule has 1 heterocycles. The predicted molar refractivity (Wildman–Crippen MR) is 84.0 cm³/mol. The molecule has 2 rings (SSSR count). The highest BCUT2D eigenvalue weighted by Gasteiger charge is 2.07. The average molecular weight is 309 g/mol. The third kappa shape index (κ3) is 4.96. The van der Waals surface area contributed by atoms with Crippen LogP contribution in [-0.2, 0) is 17.9 Å². The van der Waals surface area contributed by atoms with E-state index in [1.165, 1.54) is 4.88 Å². The highest BCUT2D eigenvalue weighted by molar-refractivity contribution is 7.09. The number of halogens is 1. The van der Waals surface area contributed by atoms with Gasteiger partial charge in [-0.15, -0.1) is 11.3 Å². The normalized spacial score (nSPS) is 10.8. The summed E-state index contributed by atoms with van der Waals surface area (Å²) in [5.41, 5.74) is 1.05. The lowest BCUT2D eigenvalue weighted by Gasteiger charge is -2.15.